The van der Waals surface area contributed by atoms with Gasteiger partial charge in [0, 0.05) is 5.56 Å². The van der Waals surface area contributed by atoms with Crippen molar-refractivity contribution in [3.63, 3.8) is 0 Å². The van der Waals surface area contributed by atoms with Crippen LogP contribution in [0.2, 0.25) is 0 Å². The Morgan fingerprint density at radius 3 is 2.71 bits per heavy atom. The molecule has 0 radical (unpaired) electrons. The van der Waals surface area contributed by atoms with Gasteiger partial charge < -0.3 is 9.84 Å². The molecule has 4 nitrogen and oxygen atoms in total. The maximum Gasteiger partial charge on any atom is 0.378 e. The molecule has 0 aliphatic heterocycles. The van der Waals surface area contributed by atoms with Gasteiger partial charge in [0.25, 0.3) is 5.78 Å². The SMILES string of the molecule is C=C(OC)c1ccsc1C(=O)C(=O)O. The molecule has 0 fully saturated rings. The van der Waals surface area contributed by atoms with Gasteiger partial charge in [0.05, 0.1) is 12.0 Å². The highest BCUT2D eigenvalue weighted by molar-refractivity contribution is 7.13. The fraction of sp³-hybridized carbons (Fsp3) is 0.111. The molecule has 0 aliphatic rings. The van der Waals surface area contributed by atoms with Gasteiger partial charge in [0.2, 0.25) is 0 Å². The summed E-state index contributed by atoms with van der Waals surface area (Å²) in [5, 5.41) is 10.1. The molecule has 1 aromatic rings. The molecule has 74 valence electrons. The van der Waals surface area contributed by atoms with Crippen LogP contribution in [0.5, 0.6) is 0 Å². The monoisotopic (exact) mass is 212 g/mol. The number of aliphatic carboxylic acids is 1. The molecule has 5 heteroatoms. The number of ether oxygens (including phenoxy) is 1. The number of Topliss-reactive ketones (excluding diaryl/α,β-unsaturated/α-hetero) is 1. The molecular formula is C9H8O4S. The first-order valence-electron chi connectivity index (χ1n) is 3.66. The zero-order chi connectivity index (χ0) is 10.7. The molecule has 0 spiro atoms. The second-order valence-electron chi connectivity index (χ2n) is 2.42. The first-order chi connectivity index (χ1) is 6.57. The van der Waals surface area contributed by atoms with E-state index in [9.17, 15) is 9.59 Å². The number of methoxy groups -OCH3 is 1. The van der Waals surface area contributed by atoms with Crippen molar-refractivity contribution < 1.29 is 19.4 Å². The van der Waals surface area contributed by atoms with Crippen LogP contribution in [0.1, 0.15) is 15.2 Å². The molecular weight excluding hydrogens is 204 g/mol. The Balaban J connectivity index is 3.10. The van der Waals surface area contributed by atoms with E-state index in [4.69, 9.17) is 9.84 Å². The topological polar surface area (TPSA) is 63.6 Å². The molecule has 1 aromatic heterocycles. The number of hydrogen-bond acceptors (Lipinski definition) is 4. The minimum Gasteiger partial charge on any atom is -0.497 e. The van der Waals surface area contributed by atoms with Crippen molar-refractivity contribution in [1.29, 1.82) is 0 Å². The van der Waals surface area contributed by atoms with Crippen LogP contribution in [-0.2, 0) is 9.53 Å². The van der Waals surface area contributed by atoms with Gasteiger partial charge in [0.15, 0.2) is 0 Å². The highest BCUT2D eigenvalue weighted by Gasteiger charge is 2.21. The van der Waals surface area contributed by atoms with Gasteiger partial charge in [-0.25, -0.2) is 4.79 Å². The zero-order valence-corrected chi connectivity index (χ0v) is 8.26. The van der Waals surface area contributed by atoms with Gasteiger partial charge in [-0.05, 0) is 11.4 Å². The number of thiophene rings is 1. The summed E-state index contributed by atoms with van der Waals surface area (Å²) >= 11 is 1.06. The standard InChI is InChI=1S/C9H8O4S/c1-5(13-2)6-3-4-14-8(6)7(10)9(11)12/h3-4H,1H2,2H3,(H,11,12). The lowest BCUT2D eigenvalue weighted by Crippen LogP contribution is -2.12. The van der Waals surface area contributed by atoms with Crippen molar-refractivity contribution in [1.82, 2.24) is 0 Å². The van der Waals surface area contributed by atoms with Crippen molar-refractivity contribution in [3.05, 3.63) is 28.5 Å². The first kappa shape index (κ1) is 10.5. The van der Waals surface area contributed by atoms with E-state index >= 15 is 0 Å². The Morgan fingerprint density at radius 2 is 2.21 bits per heavy atom. The van der Waals surface area contributed by atoms with Crippen LogP contribution < -0.4 is 0 Å². The number of carboxylic acid groups (broad SMARTS) is 1. The lowest BCUT2D eigenvalue weighted by molar-refractivity contribution is -0.131. The summed E-state index contributed by atoms with van der Waals surface area (Å²) in [6.07, 6.45) is 0. The van der Waals surface area contributed by atoms with Gasteiger partial charge in [-0.15, -0.1) is 11.3 Å². The molecule has 0 saturated heterocycles. The van der Waals surface area contributed by atoms with E-state index in [0.717, 1.165) is 11.3 Å². The third kappa shape index (κ3) is 1.82. The van der Waals surface area contributed by atoms with Crippen LogP contribution in [0.25, 0.3) is 5.76 Å². The molecule has 0 bridgehead atoms. The van der Waals surface area contributed by atoms with E-state index < -0.39 is 11.8 Å². The zero-order valence-electron chi connectivity index (χ0n) is 7.44. The Labute approximate surface area is 84.4 Å². The average molecular weight is 212 g/mol. The third-order valence-corrected chi connectivity index (χ3v) is 2.53. The van der Waals surface area contributed by atoms with Gasteiger partial charge in [0.1, 0.15) is 5.76 Å². The van der Waals surface area contributed by atoms with Crippen LogP contribution >= 0.6 is 11.3 Å². The maximum absolute atomic E-state index is 11.2. The highest BCUT2D eigenvalue weighted by atomic mass is 32.1. The minimum absolute atomic E-state index is 0.143. The molecule has 0 unspecified atom stereocenters. The molecule has 0 atom stereocenters. The normalized spacial score (nSPS) is 9.50. The van der Waals surface area contributed by atoms with Crippen molar-refractivity contribution in [3.8, 4) is 0 Å². The van der Waals surface area contributed by atoms with E-state index in [1.807, 2.05) is 0 Å². The van der Waals surface area contributed by atoms with E-state index in [1.165, 1.54) is 7.11 Å². The molecule has 0 amide bonds. The quantitative estimate of drug-likeness (QED) is 0.468. The van der Waals surface area contributed by atoms with Gasteiger partial charge in [-0.1, -0.05) is 6.58 Å². The van der Waals surface area contributed by atoms with E-state index in [1.54, 1.807) is 11.4 Å². The molecule has 0 saturated carbocycles. The van der Waals surface area contributed by atoms with Crippen LogP contribution in [0, 0.1) is 0 Å². The van der Waals surface area contributed by atoms with E-state index in [2.05, 4.69) is 6.58 Å². The summed E-state index contributed by atoms with van der Waals surface area (Å²) in [4.78, 5) is 21.8. The minimum atomic E-state index is -1.47. The van der Waals surface area contributed by atoms with Gasteiger partial charge in [-0.2, -0.15) is 0 Å². The second-order valence-corrected chi connectivity index (χ2v) is 3.34. The molecule has 1 rings (SSSR count). The first-order valence-corrected chi connectivity index (χ1v) is 4.54. The predicted molar refractivity (Wildman–Crippen MR) is 52.3 cm³/mol. The number of hydrogen-bond donors (Lipinski definition) is 1. The highest BCUT2D eigenvalue weighted by Crippen LogP contribution is 2.24. The molecule has 1 N–H and O–H groups in total. The lowest BCUT2D eigenvalue weighted by Gasteiger charge is -2.02. The van der Waals surface area contributed by atoms with E-state index in [-0.39, 0.29) is 10.6 Å². The summed E-state index contributed by atoms with van der Waals surface area (Å²) in [6.45, 7) is 3.56. The summed E-state index contributed by atoms with van der Waals surface area (Å²) in [6, 6.07) is 1.60. The third-order valence-electron chi connectivity index (χ3n) is 1.61. The average Bonchev–Trinajstić information content (AvgIpc) is 2.63. The Kier molecular flexibility index (Phi) is 3.03. The number of rotatable bonds is 4. The summed E-state index contributed by atoms with van der Waals surface area (Å²) in [7, 11) is 1.41. The fourth-order valence-corrected chi connectivity index (χ4v) is 1.76. The maximum atomic E-state index is 11.2. The van der Waals surface area contributed by atoms with E-state index in [0.29, 0.717) is 5.56 Å². The van der Waals surface area contributed by atoms with Gasteiger partial charge in [-0.3, -0.25) is 4.79 Å². The largest absolute Gasteiger partial charge is 0.497 e. The van der Waals surface area contributed by atoms with Gasteiger partial charge >= 0.3 is 5.97 Å². The van der Waals surface area contributed by atoms with Crippen molar-refractivity contribution >= 4 is 28.8 Å². The second kappa shape index (κ2) is 4.06. The molecule has 0 aromatic carbocycles. The van der Waals surface area contributed by atoms with Crippen molar-refractivity contribution in [2.75, 3.05) is 7.11 Å². The molecule has 14 heavy (non-hydrogen) atoms. The van der Waals surface area contributed by atoms with Crippen LogP contribution in [0.4, 0.5) is 0 Å². The fourth-order valence-electron chi connectivity index (χ4n) is 0.912. The lowest BCUT2D eigenvalue weighted by atomic mass is 10.2. The summed E-state index contributed by atoms with van der Waals surface area (Å²) in [5.41, 5.74) is 0.435. The summed E-state index contributed by atoms with van der Waals surface area (Å²) < 4.78 is 4.83. The van der Waals surface area contributed by atoms with Crippen molar-refractivity contribution in [2.24, 2.45) is 0 Å². The van der Waals surface area contributed by atoms with Crippen molar-refractivity contribution in [2.45, 2.75) is 0 Å². The number of carbonyl (C=O) groups excluding carboxylic acids is 1. The smallest absolute Gasteiger partial charge is 0.378 e. The van der Waals surface area contributed by atoms with Crippen LogP contribution in [-0.4, -0.2) is 24.0 Å². The number of carbonyl (C=O) groups is 2. The Bertz CT molecular complexity index is 391. The Morgan fingerprint density at radius 1 is 1.57 bits per heavy atom. The van der Waals surface area contributed by atoms with Crippen LogP contribution in [0.15, 0.2) is 18.0 Å². The Hall–Kier alpha value is -1.62. The predicted octanol–water partition coefficient (Wildman–Crippen LogP) is 1.63. The summed E-state index contributed by atoms with van der Waals surface area (Å²) in [5.74, 6) is -2.12. The molecule has 1 heterocycles. The molecule has 0 aliphatic carbocycles. The number of carboxylic acids is 1. The van der Waals surface area contributed by atoms with Crippen LogP contribution in [0.3, 0.4) is 0 Å². The number of ketones is 1.